The molecule has 0 aliphatic rings. The molecule has 0 fully saturated rings. The Morgan fingerprint density at radius 1 is 1.04 bits per heavy atom. The highest BCUT2D eigenvalue weighted by atomic mass is 35.5. The molecule has 0 saturated carbocycles. The van der Waals surface area contributed by atoms with E-state index < -0.39 is 11.4 Å². The average molecular weight is 424 g/mol. The van der Waals surface area contributed by atoms with Gasteiger partial charge in [0.05, 0.1) is 26.9 Å². The smallest absolute Gasteiger partial charge is 0.335 e. The normalized spacial score (nSPS) is 11.1. The summed E-state index contributed by atoms with van der Waals surface area (Å²) in [5.74, 6) is -1.36. The number of Topliss-reactive ketones (excluding diaryl/α,β-unsaturated/α-hetero) is 1. The minimum atomic E-state index is -1.07. The minimum Gasteiger partial charge on any atom is -0.478 e. The van der Waals surface area contributed by atoms with E-state index in [1.807, 2.05) is 0 Å². The fourth-order valence-electron chi connectivity index (χ4n) is 2.33. The summed E-state index contributed by atoms with van der Waals surface area (Å²) in [6.45, 7) is 6.47. The molecule has 148 valence electrons. The quantitative estimate of drug-likeness (QED) is 0.604. The molecule has 0 heterocycles. The Hall–Kier alpha value is -2.57. The number of carbonyl (C=O) groups excluding carboxylic acids is 2. The van der Waals surface area contributed by atoms with E-state index in [0.29, 0.717) is 5.75 Å². The standard InChI is InChI=1S/C20H19Cl2NO5/c1-10(24)23-13-9-14(28-12-7-5-11(6-8-12)19(26)27)17(22)15(16(13)21)18(25)20(2,3)4/h5-9H,1-4H3,(H,23,24)(H,26,27). The van der Waals surface area contributed by atoms with Crippen LogP contribution < -0.4 is 10.1 Å². The number of aromatic carboxylic acids is 1. The molecule has 0 aliphatic carbocycles. The van der Waals surface area contributed by atoms with Crippen LogP contribution in [0.15, 0.2) is 30.3 Å². The highest BCUT2D eigenvalue weighted by Gasteiger charge is 2.30. The van der Waals surface area contributed by atoms with Crippen LogP contribution in [0.5, 0.6) is 11.5 Å². The van der Waals surface area contributed by atoms with Gasteiger partial charge in [-0.25, -0.2) is 4.79 Å². The van der Waals surface area contributed by atoms with Crippen LogP contribution >= 0.6 is 23.2 Å². The van der Waals surface area contributed by atoms with Gasteiger partial charge in [-0.15, -0.1) is 0 Å². The van der Waals surface area contributed by atoms with E-state index >= 15 is 0 Å². The Bertz CT molecular complexity index is 947. The third-order valence-electron chi connectivity index (χ3n) is 3.72. The Labute approximate surface area is 172 Å². The summed E-state index contributed by atoms with van der Waals surface area (Å²) in [6, 6.07) is 7.07. The molecular weight excluding hydrogens is 405 g/mol. The fraction of sp³-hybridized carbons (Fsp3) is 0.250. The number of rotatable bonds is 5. The van der Waals surface area contributed by atoms with E-state index in [2.05, 4.69) is 5.32 Å². The van der Waals surface area contributed by atoms with E-state index in [0.717, 1.165) is 0 Å². The van der Waals surface area contributed by atoms with E-state index in [9.17, 15) is 14.4 Å². The Kier molecular flexibility index (Phi) is 6.37. The summed E-state index contributed by atoms with van der Waals surface area (Å²) in [6.07, 6.45) is 0. The van der Waals surface area contributed by atoms with Crippen molar-refractivity contribution in [2.75, 3.05) is 5.32 Å². The van der Waals surface area contributed by atoms with Gasteiger partial charge in [0.15, 0.2) is 5.78 Å². The number of halogens is 2. The predicted molar refractivity (Wildman–Crippen MR) is 108 cm³/mol. The highest BCUT2D eigenvalue weighted by molar-refractivity contribution is 6.42. The highest BCUT2D eigenvalue weighted by Crippen LogP contribution is 2.43. The van der Waals surface area contributed by atoms with Crippen LogP contribution in [-0.4, -0.2) is 22.8 Å². The minimum absolute atomic E-state index is 0.00124. The second kappa shape index (κ2) is 8.20. The lowest BCUT2D eigenvalue weighted by atomic mass is 9.86. The topological polar surface area (TPSA) is 92.7 Å². The number of ether oxygens (including phenoxy) is 1. The SMILES string of the molecule is CC(=O)Nc1cc(Oc2ccc(C(=O)O)cc2)c(Cl)c(C(=O)C(C)(C)C)c1Cl. The predicted octanol–water partition coefficient (Wildman–Crippen LogP) is 5.67. The lowest BCUT2D eigenvalue weighted by molar-refractivity contribution is -0.114. The number of carbonyl (C=O) groups is 3. The van der Waals surface area contributed by atoms with E-state index in [4.69, 9.17) is 33.0 Å². The fourth-order valence-corrected chi connectivity index (χ4v) is 2.94. The van der Waals surface area contributed by atoms with Crippen molar-refractivity contribution in [1.82, 2.24) is 0 Å². The first-order valence-corrected chi connectivity index (χ1v) is 9.03. The number of carboxylic acid groups (broad SMARTS) is 1. The third-order valence-corrected chi connectivity index (χ3v) is 4.48. The Morgan fingerprint density at radius 3 is 2.07 bits per heavy atom. The molecule has 0 bridgehead atoms. The number of hydrogen-bond acceptors (Lipinski definition) is 4. The molecule has 2 aromatic carbocycles. The number of anilines is 1. The lowest BCUT2D eigenvalue weighted by Gasteiger charge is -2.21. The zero-order valence-electron chi connectivity index (χ0n) is 15.7. The van der Waals surface area contributed by atoms with E-state index in [-0.39, 0.29) is 44.3 Å². The molecule has 2 N–H and O–H groups in total. The second-order valence-electron chi connectivity index (χ2n) is 7.12. The number of hydrogen-bond donors (Lipinski definition) is 2. The van der Waals surface area contributed by atoms with Gasteiger partial charge in [-0.1, -0.05) is 44.0 Å². The summed E-state index contributed by atoms with van der Waals surface area (Å²) >= 11 is 12.8. The molecule has 0 spiro atoms. The van der Waals surface area contributed by atoms with E-state index in [1.165, 1.54) is 37.3 Å². The molecular formula is C20H19Cl2NO5. The van der Waals surface area contributed by atoms with Crippen molar-refractivity contribution in [3.8, 4) is 11.5 Å². The number of carboxylic acids is 1. The van der Waals surface area contributed by atoms with Crippen molar-refractivity contribution in [2.24, 2.45) is 5.41 Å². The molecule has 0 saturated heterocycles. The maximum absolute atomic E-state index is 12.9. The largest absolute Gasteiger partial charge is 0.478 e. The zero-order valence-corrected chi connectivity index (χ0v) is 17.2. The average Bonchev–Trinajstić information content (AvgIpc) is 2.58. The molecule has 1 amide bonds. The number of ketones is 1. The van der Waals surface area contributed by atoms with Crippen molar-refractivity contribution in [3.05, 3.63) is 51.5 Å². The number of amides is 1. The van der Waals surface area contributed by atoms with Crippen LogP contribution in [0, 0.1) is 5.41 Å². The van der Waals surface area contributed by atoms with Crippen molar-refractivity contribution >= 4 is 46.5 Å². The lowest BCUT2D eigenvalue weighted by Crippen LogP contribution is -2.22. The molecule has 0 unspecified atom stereocenters. The monoisotopic (exact) mass is 423 g/mol. The number of nitrogens with one attached hydrogen (secondary N) is 1. The summed E-state index contributed by atoms with van der Waals surface area (Å²) in [5, 5.41) is 11.6. The van der Waals surface area contributed by atoms with Gasteiger partial charge in [0.2, 0.25) is 5.91 Å². The van der Waals surface area contributed by atoms with Crippen LogP contribution in [0.3, 0.4) is 0 Å². The molecule has 28 heavy (non-hydrogen) atoms. The molecule has 0 aromatic heterocycles. The Balaban J connectivity index is 2.57. The molecule has 0 atom stereocenters. The first-order valence-electron chi connectivity index (χ1n) is 8.27. The molecule has 2 rings (SSSR count). The van der Waals surface area contributed by atoms with Crippen molar-refractivity contribution in [2.45, 2.75) is 27.7 Å². The van der Waals surface area contributed by atoms with Gasteiger partial charge in [-0.3, -0.25) is 9.59 Å². The zero-order chi connectivity index (χ0) is 21.2. The Morgan fingerprint density at radius 2 is 1.61 bits per heavy atom. The molecule has 2 aromatic rings. The second-order valence-corrected chi connectivity index (χ2v) is 7.87. The summed E-state index contributed by atoms with van der Waals surface area (Å²) in [4.78, 5) is 35.4. The van der Waals surface area contributed by atoms with Crippen LogP contribution in [0.25, 0.3) is 0 Å². The summed E-state index contributed by atoms with van der Waals surface area (Å²) < 4.78 is 5.74. The molecule has 0 aliphatic heterocycles. The van der Waals surface area contributed by atoms with Gasteiger partial charge in [-0.05, 0) is 24.3 Å². The van der Waals surface area contributed by atoms with Gasteiger partial charge >= 0.3 is 5.97 Å². The van der Waals surface area contributed by atoms with Gasteiger partial charge in [0.1, 0.15) is 11.5 Å². The first kappa shape index (κ1) is 21.7. The van der Waals surface area contributed by atoms with Gasteiger partial charge in [0.25, 0.3) is 0 Å². The summed E-state index contributed by atoms with van der Waals surface area (Å²) in [5.41, 5.74) is -0.456. The van der Waals surface area contributed by atoms with Crippen molar-refractivity contribution in [1.29, 1.82) is 0 Å². The third kappa shape index (κ3) is 4.82. The number of benzene rings is 2. The van der Waals surface area contributed by atoms with Gasteiger partial charge in [-0.2, -0.15) is 0 Å². The first-order chi connectivity index (χ1) is 12.9. The molecule has 0 radical (unpaired) electrons. The van der Waals surface area contributed by atoms with Crippen LogP contribution in [0.1, 0.15) is 48.4 Å². The van der Waals surface area contributed by atoms with Crippen molar-refractivity contribution in [3.63, 3.8) is 0 Å². The van der Waals surface area contributed by atoms with Crippen LogP contribution in [-0.2, 0) is 4.79 Å². The molecule has 6 nitrogen and oxygen atoms in total. The maximum Gasteiger partial charge on any atom is 0.335 e. The molecule has 8 heteroatoms. The summed E-state index contributed by atoms with van der Waals surface area (Å²) in [7, 11) is 0. The van der Waals surface area contributed by atoms with Gasteiger partial charge in [0, 0.05) is 18.4 Å². The van der Waals surface area contributed by atoms with E-state index in [1.54, 1.807) is 20.8 Å². The van der Waals surface area contributed by atoms with Crippen LogP contribution in [0.4, 0.5) is 5.69 Å². The maximum atomic E-state index is 12.9. The van der Waals surface area contributed by atoms with Crippen LogP contribution in [0.2, 0.25) is 10.0 Å². The van der Waals surface area contributed by atoms with Gasteiger partial charge < -0.3 is 15.2 Å². The van der Waals surface area contributed by atoms with Crippen molar-refractivity contribution < 1.29 is 24.2 Å².